The van der Waals surface area contributed by atoms with E-state index in [1.165, 1.54) is 19.4 Å². The van der Waals surface area contributed by atoms with Gasteiger partial charge in [-0.1, -0.05) is 6.08 Å². The summed E-state index contributed by atoms with van der Waals surface area (Å²) in [6, 6.07) is 3.16. The number of amides is 1. The Bertz CT molecular complexity index is 670. The molecular weight excluding hydrogens is 314 g/mol. The molecule has 0 aliphatic carbocycles. The molecule has 0 N–H and O–H groups in total. The third-order valence-corrected chi connectivity index (χ3v) is 3.72. The molecule has 1 aromatic rings. The Morgan fingerprint density at radius 1 is 1.58 bits per heavy atom. The lowest BCUT2D eigenvalue weighted by Crippen LogP contribution is -2.53. The molecule has 1 aromatic heterocycles. The Balaban J connectivity index is 2.64. The highest BCUT2D eigenvalue weighted by Gasteiger charge is 2.64. The first-order valence-electron chi connectivity index (χ1n) is 7.45. The second kappa shape index (κ2) is 6.20. The van der Waals surface area contributed by atoms with E-state index in [0.717, 1.165) is 4.90 Å². The number of ether oxygens (including phenoxy) is 2. The summed E-state index contributed by atoms with van der Waals surface area (Å²) in [4.78, 5) is 29.4. The summed E-state index contributed by atoms with van der Waals surface area (Å²) >= 11 is 0. The number of aromatic nitrogens is 1. The van der Waals surface area contributed by atoms with Crippen LogP contribution in [0.4, 0.5) is 10.6 Å². The van der Waals surface area contributed by atoms with Gasteiger partial charge >= 0.3 is 6.09 Å². The SMILES string of the molecule is C=CC[C@@]1([N+](=O)[O-])c2cccnc2N(C(=O)OC(C)(C)C)[C@@H]1OC. The highest BCUT2D eigenvalue weighted by atomic mass is 16.6. The van der Waals surface area contributed by atoms with Crippen molar-refractivity contribution < 1.29 is 19.2 Å². The van der Waals surface area contributed by atoms with Crippen molar-refractivity contribution in [1.29, 1.82) is 0 Å². The van der Waals surface area contributed by atoms with Crippen LogP contribution in [-0.4, -0.2) is 34.9 Å². The zero-order chi connectivity index (χ0) is 18.1. The molecule has 0 spiro atoms. The minimum absolute atomic E-state index is 0.0174. The summed E-state index contributed by atoms with van der Waals surface area (Å²) < 4.78 is 10.7. The molecule has 0 saturated heterocycles. The summed E-state index contributed by atoms with van der Waals surface area (Å²) in [6.45, 7) is 8.75. The van der Waals surface area contributed by atoms with Crippen LogP contribution in [0.2, 0.25) is 0 Å². The second-order valence-corrected chi connectivity index (χ2v) is 6.49. The lowest BCUT2D eigenvalue weighted by atomic mass is 9.88. The molecule has 0 unspecified atom stereocenters. The van der Waals surface area contributed by atoms with Crippen LogP contribution in [0.3, 0.4) is 0 Å². The average molecular weight is 335 g/mol. The smallest absolute Gasteiger partial charge is 0.418 e. The Kier molecular flexibility index (Phi) is 4.61. The lowest BCUT2D eigenvalue weighted by Gasteiger charge is -2.31. The monoisotopic (exact) mass is 335 g/mol. The van der Waals surface area contributed by atoms with E-state index in [2.05, 4.69) is 11.6 Å². The maximum atomic E-state index is 12.6. The number of rotatable bonds is 4. The molecular formula is C16H21N3O5. The van der Waals surface area contributed by atoms with Crippen molar-refractivity contribution in [3.05, 3.63) is 46.7 Å². The van der Waals surface area contributed by atoms with Gasteiger partial charge in [-0.15, -0.1) is 6.58 Å². The van der Waals surface area contributed by atoms with Gasteiger partial charge in [0.25, 0.3) is 5.54 Å². The molecule has 24 heavy (non-hydrogen) atoms. The molecule has 0 fully saturated rings. The van der Waals surface area contributed by atoms with Crippen molar-refractivity contribution in [3.8, 4) is 0 Å². The lowest BCUT2D eigenvalue weighted by molar-refractivity contribution is -0.590. The molecule has 2 atom stereocenters. The number of nitro groups is 1. The van der Waals surface area contributed by atoms with Gasteiger partial charge in [-0.05, 0) is 32.9 Å². The highest BCUT2D eigenvalue weighted by Crippen LogP contribution is 2.47. The third kappa shape index (κ3) is 2.73. The fraction of sp³-hybridized carbons (Fsp3) is 0.500. The van der Waals surface area contributed by atoms with E-state index in [1.54, 1.807) is 32.9 Å². The zero-order valence-electron chi connectivity index (χ0n) is 14.2. The van der Waals surface area contributed by atoms with Crippen molar-refractivity contribution in [2.24, 2.45) is 0 Å². The minimum atomic E-state index is -1.68. The van der Waals surface area contributed by atoms with Gasteiger partial charge in [0.05, 0.1) is 5.56 Å². The number of hydrogen-bond acceptors (Lipinski definition) is 6. The zero-order valence-corrected chi connectivity index (χ0v) is 14.2. The normalized spacial score (nSPS) is 22.8. The number of carbonyl (C=O) groups is 1. The fourth-order valence-electron chi connectivity index (χ4n) is 2.87. The summed E-state index contributed by atoms with van der Waals surface area (Å²) in [6.07, 6.45) is 0.945. The number of hydrogen-bond donors (Lipinski definition) is 0. The van der Waals surface area contributed by atoms with Gasteiger partial charge in [0.15, 0.2) is 5.82 Å². The Hall–Kier alpha value is -2.48. The van der Waals surface area contributed by atoms with Crippen molar-refractivity contribution in [2.45, 2.75) is 44.6 Å². The van der Waals surface area contributed by atoms with Gasteiger partial charge in [0.2, 0.25) is 6.23 Å². The number of pyridine rings is 1. The summed E-state index contributed by atoms with van der Waals surface area (Å²) in [5.74, 6) is 0.164. The van der Waals surface area contributed by atoms with E-state index >= 15 is 0 Å². The fourth-order valence-corrected chi connectivity index (χ4v) is 2.87. The summed E-state index contributed by atoms with van der Waals surface area (Å²) in [5, 5.41) is 12.0. The van der Waals surface area contributed by atoms with Crippen LogP contribution in [0, 0.1) is 10.1 Å². The molecule has 0 radical (unpaired) electrons. The van der Waals surface area contributed by atoms with Crippen LogP contribution in [0.25, 0.3) is 0 Å². The predicted molar refractivity (Wildman–Crippen MR) is 87.2 cm³/mol. The largest absolute Gasteiger partial charge is 0.443 e. The van der Waals surface area contributed by atoms with E-state index in [4.69, 9.17) is 9.47 Å². The van der Waals surface area contributed by atoms with Crippen LogP contribution in [0.15, 0.2) is 31.0 Å². The Labute approximate surface area is 140 Å². The first-order valence-corrected chi connectivity index (χ1v) is 7.45. The topological polar surface area (TPSA) is 94.8 Å². The minimum Gasteiger partial charge on any atom is -0.443 e. The van der Waals surface area contributed by atoms with Crippen LogP contribution >= 0.6 is 0 Å². The van der Waals surface area contributed by atoms with Gasteiger partial charge < -0.3 is 9.47 Å². The van der Waals surface area contributed by atoms with E-state index in [-0.39, 0.29) is 12.2 Å². The molecule has 8 nitrogen and oxygen atoms in total. The maximum absolute atomic E-state index is 12.6. The molecule has 1 aliphatic rings. The Morgan fingerprint density at radius 2 is 2.25 bits per heavy atom. The van der Waals surface area contributed by atoms with Crippen LogP contribution < -0.4 is 4.90 Å². The van der Waals surface area contributed by atoms with Crippen LogP contribution in [-0.2, 0) is 15.0 Å². The standard InChI is InChI=1S/C16H21N3O5/c1-6-9-16(19(21)22)11-8-7-10-17-12(11)18(13(16)23-5)14(20)24-15(2,3)4/h6-8,10,13H,1,9H2,2-5H3/t13-,16-/m1/s1. The van der Waals surface area contributed by atoms with Gasteiger partial charge in [-0.2, -0.15) is 0 Å². The number of methoxy groups -OCH3 is 1. The van der Waals surface area contributed by atoms with E-state index in [0.29, 0.717) is 5.56 Å². The van der Waals surface area contributed by atoms with Crippen molar-refractivity contribution >= 4 is 11.9 Å². The van der Waals surface area contributed by atoms with E-state index in [1.807, 2.05) is 0 Å². The molecule has 8 heteroatoms. The van der Waals surface area contributed by atoms with Gasteiger partial charge in [-0.3, -0.25) is 10.1 Å². The molecule has 1 aliphatic heterocycles. The maximum Gasteiger partial charge on any atom is 0.418 e. The number of anilines is 1. The number of fused-ring (bicyclic) bond motifs is 1. The van der Waals surface area contributed by atoms with Crippen LogP contribution in [0.5, 0.6) is 0 Å². The summed E-state index contributed by atoms with van der Waals surface area (Å²) in [7, 11) is 1.31. The van der Waals surface area contributed by atoms with Gasteiger partial charge in [-0.25, -0.2) is 14.7 Å². The van der Waals surface area contributed by atoms with Gasteiger partial charge in [0.1, 0.15) is 5.60 Å². The molecule has 0 aromatic carbocycles. The molecule has 0 bridgehead atoms. The number of nitrogens with zero attached hydrogens (tertiary/aromatic N) is 3. The first-order chi connectivity index (χ1) is 11.2. The molecule has 2 rings (SSSR count). The average Bonchev–Trinajstić information content (AvgIpc) is 2.77. The molecule has 130 valence electrons. The Morgan fingerprint density at radius 3 is 2.75 bits per heavy atom. The van der Waals surface area contributed by atoms with E-state index in [9.17, 15) is 14.9 Å². The van der Waals surface area contributed by atoms with Gasteiger partial charge in [0, 0.05) is 24.7 Å². The molecule has 0 saturated carbocycles. The molecule has 2 heterocycles. The predicted octanol–water partition coefficient (Wildman–Crippen LogP) is 2.86. The quantitative estimate of drug-likeness (QED) is 0.477. The van der Waals surface area contributed by atoms with Crippen molar-refractivity contribution in [1.82, 2.24) is 4.98 Å². The van der Waals surface area contributed by atoms with Crippen molar-refractivity contribution in [2.75, 3.05) is 12.0 Å². The van der Waals surface area contributed by atoms with Crippen LogP contribution in [0.1, 0.15) is 32.8 Å². The summed E-state index contributed by atoms with van der Waals surface area (Å²) in [5.41, 5.74) is -2.15. The van der Waals surface area contributed by atoms with Crippen molar-refractivity contribution in [3.63, 3.8) is 0 Å². The highest BCUT2D eigenvalue weighted by molar-refractivity contribution is 5.90. The third-order valence-electron chi connectivity index (χ3n) is 3.72. The number of carbonyl (C=O) groups excluding carboxylic acids is 1. The van der Waals surface area contributed by atoms with E-state index < -0.39 is 28.4 Å². The molecule has 1 amide bonds. The second-order valence-electron chi connectivity index (χ2n) is 6.49. The first kappa shape index (κ1) is 17.9.